The number of carbonyl (C=O) groups is 9. The van der Waals surface area contributed by atoms with Crippen molar-refractivity contribution >= 4 is 127 Å². The lowest BCUT2D eigenvalue weighted by Crippen LogP contribution is -2.41. The number of ether oxygens (including phenoxy) is 2. The monoisotopic (exact) mass is 1470 g/mol. The van der Waals surface area contributed by atoms with Gasteiger partial charge in [0.2, 0.25) is 11.8 Å². The van der Waals surface area contributed by atoms with Crippen LogP contribution in [0.2, 0.25) is 0 Å². The molecule has 10 bridgehead atoms. The molecule has 99 heavy (non-hydrogen) atoms. The van der Waals surface area contributed by atoms with E-state index in [9.17, 15) is 63.6 Å². The summed E-state index contributed by atoms with van der Waals surface area (Å²) < 4.78 is 11.7. The summed E-state index contributed by atoms with van der Waals surface area (Å²) in [7, 11) is 2.91. The number of pyridine rings is 1. The zero-order chi connectivity index (χ0) is 70.6. The number of aliphatic hydroxyl groups excluding tert-OH is 1. The second-order valence-electron chi connectivity index (χ2n) is 23.8. The van der Waals surface area contributed by atoms with Gasteiger partial charge in [-0.15, -0.1) is 68.0 Å². The molecule has 0 radical (unpaired) electrons. The van der Waals surface area contributed by atoms with Crippen molar-refractivity contribution in [3.8, 4) is 43.4 Å². The fourth-order valence-corrected chi connectivity index (χ4v) is 16.9. The van der Waals surface area contributed by atoms with Crippen molar-refractivity contribution in [1.82, 2.24) is 61.5 Å². The smallest absolute Gasteiger partial charge is 0.415 e. The molecule has 1 aliphatic heterocycles. The van der Waals surface area contributed by atoms with E-state index in [1.54, 1.807) is 70.9 Å². The maximum atomic E-state index is 14.5. The van der Waals surface area contributed by atoms with Crippen molar-refractivity contribution < 1.29 is 73.1 Å². The van der Waals surface area contributed by atoms with E-state index in [-0.39, 0.29) is 110 Å². The van der Waals surface area contributed by atoms with Crippen LogP contribution in [0.1, 0.15) is 171 Å². The van der Waals surface area contributed by atoms with Crippen molar-refractivity contribution in [2.45, 2.75) is 128 Å². The molecular formula is C65H71N13O15S6. The summed E-state index contributed by atoms with van der Waals surface area (Å²) in [5.41, 5.74) is 2.17. The number of aliphatic carboxylic acids is 3. The number of carboxylic acid groups (broad SMARTS) is 3. The number of amides is 6. The van der Waals surface area contributed by atoms with Crippen LogP contribution in [0.3, 0.4) is 0 Å². The number of thiazole rings is 6. The number of aromatic nitrogens is 7. The summed E-state index contributed by atoms with van der Waals surface area (Å²) in [5.74, 6) is -7.14. The molecule has 7 atom stereocenters. The zero-order valence-corrected chi connectivity index (χ0v) is 59.1. The van der Waals surface area contributed by atoms with Crippen LogP contribution >= 0.6 is 68.0 Å². The van der Waals surface area contributed by atoms with Gasteiger partial charge in [-0.3, -0.25) is 43.3 Å². The molecule has 1 unspecified atom stereocenters. The molecule has 8 aromatic rings. The van der Waals surface area contributed by atoms with Gasteiger partial charge in [-0.25, -0.2) is 39.7 Å². The van der Waals surface area contributed by atoms with Crippen molar-refractivity contribution in [3.05, 3.63) is 111 Å². The van der Waals surface area contributed by atoms with E-state index in [2.05, 4.69) is 26.6 Å². The number of carboxylic acids is 3. The Kier molecular flexibility index (Phi) is 24.5. The number of aliphatic hydroxyl groups is 1. The van der Waals surface area contributed by atoms with Gasteiger partial charge in [-0.1, -0.05) is 50.6 Å². The highest BCUT2D eigenvalue weighted by Crippen LogP contribution is 2.42. The van der Waals surface area contributed by atoms with E-state index >= 15 is 0 Å². The molecule has 522 valence electrons. The van der Waals surface area contributed by atoms with Crippen molar-refractivity contribution in [2.24, 2.45) is 17.8 Å². The summed E-state index contributed by atoms with van der Waals surface area (Å²) in [6, 6.07) is 9.15. The minimum atomic E-state index is -1.33. The fraction of sp³-hybridized carbons (Fsp3) is 0.415. The lowest BCUT2D eigenvalue weighted by atomic mass is 9.77. The van der Waals surface area contributed by atoms with Crippen molar-refractivity contribution in [3.63, 3.8) is 0 Å². The average Bonchev–Trinajstić information content (AvgIpc) is 1.69. The van der Waals surface area contributed by atoms with Crippen LogP contribution in [0.25, 0.3) is 43.4 Å². The average molecular weight is 1470 g/mol. The van der Waals surface area contributed by atoms with Gasteiger partial charge in [0, 0.05) is 65.5 Å². The van der Waals surface area contributed by atoms with Gasteiger partial charge < -0.3 is 56.5 Å². The van der Waals surface area contributed by atoms with Crippen LogP contribution in [-0.4, -0.2) is 142 Å². The molecule has 0 spiro atoms. The largest absolute Gasteiger partial charge is 0.481 e. The molecule has 2 aliphatic rings. The van der Waals surface area contributed by atoms with Gasteiger partial charge in [0.05, 0.1) is 48.1 Å². The number of rotatable bonds is 21. The number of methoxy groups -OCH3 is 1. The summed E-state index contributed by atoms with van der Waals surface area (Å²) in [6.07, 6.45) is -0.805. The van der Waals surface area contributed by atoms with Gasteiger partial charge in [0.15, 0.2) is 0 Å². The lowest BCUT2D eigenvalue weighted by Gasteiger charge is -2.35. The SMILES string of the molecule is CNC(=O)C[C@@H]1NC(=O)c2csc(n2)-c2ccc(-c3nc(N(CCCCC(=O)O)C(=O)O[C@H]4CCC(C(=O)O)C[C@@H]4CCCCC(=O)O)cs3)nc2-c2csc(n2)-c2csc(n2)[C@H]([C@@H](O)c2ccccc2)NC(=O)CNC(=O)c2nc(sc2COC)[C@H](C(C)C)NC(=O)c2nc1sc2C. The maximum absolute atomic E-state index is 14.5. The highest BCUT2D eigenvalue weighted by molar-refractivity contribution is 7.15. The van der Waals surface area contributed by atoms with Gasteiger partial charge >= 0.3 is 24.0 Å². The highest BCUT2D eigenvalue weighted by Gasteiger charge is 2.38. The van der Waals surface area contributed by atoms with Gasteiger partial charge in [-0.2, -0.15) is 0 Å². The Balaban J connectivity index is 1.03. The highest BCUT2D eigenvalue weighted by atomic mass is 32.1. The molecule has 10 rings (SSSR count). The predicted molar refractivity (Wildman–Crippen MR) is 371 cm³/mol. The third kappa shape index (κ3) is 18.1. The van der Waals surface area contributed by atoms with Crippen LogP contribution in [-0.2, 0) is 40.1 Å². The molecule has 7 aromatic heterocycles. The van der Waals surface area contributed by atoms with E-state index in [1.165, 1.54) is 30.4 Å². The summed E-state index contributed by atoms with van der Waals surface area (Å²) in [6.45, 7) is 4.86. The van der Waals surface area contributed by atoms with Crippen molar-refractivity contribution in [2.75, 3.05) is 32.1 Å². The topological polar surface area (TPSA) is 407 Å². The number of carbonyl (C=O) groups excluding carboxylic acids is 6. The lowest BCUT2D eigenvalue weighted by molar-refractivity contribution is -0.144. The van der Waals surface area contributed by atoms with Gasteiger partial charge in [0.1, 0.15) is 88.3 Å². The van der Waals surface area contributed by atoms with Crippen LogP contribution in [0.4, 0.5) is 10.6 Å². The Bertz CT molecular complexity index is 4260. The summed E-state index contributed by atoms with van der Waals surface area (Å²) in [4.78, 5) is 156. The number of nitrogens with zero attached hydrogens (tertiary/aromatic N) is 8. The molecule has 9 N–H and O–H groups in total. The molecular weight excluding hydrogens is 1400 g/mol. The molecule has 1 aromatic carbocycles. The molecule has 1 fully saturated rings. The molecule has 1 saturated carbocycles. The van der Waals surface area contributed by atoms with Gasteiger partial charge in [0.25, 0.3) is 17.7 Å². The first kappa shape index (κ1) is 72.8. The second kappa shape index (κ2) is 33.3. The van der Waals surface area contributed by atoms with Crippen LogP contribution in [0, 0.1) is 24.7 Å². The number of fused-ring (bicyclic) bond motifs is 14. The first-order valence-corrected chi connectivity index (χ1v) is 36.8. The molecule has 1 aliphatic carbocycles. The van der Waals surface area contributed by atoms with E-state index in [4.69, 9.17) is 44.4 Å². The number of hydrogen-bond acceptors (Lipinski definition) is 25. The third-order valence-electron chi connectivity index (χ3n) is 16.5. The molecule has 6 amide bonds. The Morgan fingerprint density at radius 1 is 0.677 bits per heavy atom. The normalized spacial score (nSPS) is 18.7. The van der Waals surface area contributed by atoms with Crippen LogP contribution in [0.5, 0.6) is 0 Å². The molecule has 0 saturated heterocycles. The van der Waals surface area contributed by atoms with E-state index < -0.39 is 96.3 Å². The number of unbranched alkanes of at least 4 members (excludes halogenated alkanes) is 2. The first-order chi connectivity index (χ1) is 47.5. The number of aryl methyl sites for hydroxylation is 1. The third-order valence-corrected chi connectivity index (χ3v) is 22.2. The summed E-state index contributed by atoms with van der Waals surface area (Å²) >= 11 is 6.91. The number of anilines is 1. The van der Waals surface area contributed by atoms with E-state index in [1.807, 2.05) is 13.8 Å². The van der Waals surface area contributed by atoms with E-state index in [0.717, 1.165) is 56.7 Å². The Hall–Kier alpha value is -8.90. The minimum absolute atomic E-state index is 0.00892. The van der Waals surface area contributed by atoms with Crippen molar-refractivity contribution in [1.29, 1.82) is 0 Å². The molecule has 8 heterocycles. The first-order valence-electron chi connectivity index (χ1n) is 31.6. The fourth-order valence-electron chi connectivity index (χ4n) is 11.3. The molecule has 28 nitrogen and oxygen atoms in total. The van der Waals surface area contributed by atoms with Crippen LogP contribution in [0.15, 0.2) is 64.0 Å². The Labute approximate surface area is 591 Å². The second-order valence-corrected chi connectivity index (χ2v) is 29.6. The quantitative estimate of drug-likeness (QED) is 0.0302. The standard InChI is InChI=1S/C65H71N13O15S6/c1-31(2)49-63-77-52(43(99-63)26-92-5)56(87)67-25-46(80)74-53(54(85)33-13-7-6-8-14-33)62-72-41(29-96-62)60-70-39(27-95-60)51-36(58-71-40(28-94-58)55(86)69-38(24-45(79)66-4)61-76-50(32(3)98-61)57(88)75-49)19-20-37(68-51)59-73-44(30-97-59)78(22-12-11-17-48(83)84)65(91)93-42-21-18-35(64(89)90)23-34(42)15-9-10-16-47(81)82/h6-8,13-14,19-20,27-31,34-35,38,42,49,53-54,85H,9-12,15-18,21-26H2,1-5H3,(H,66,79)(H,67,87)(H,69,86)(H,74,80)(H,75,88)(H,81,82)(H,83,84)(H,89,90)/t34-,35?,38-,42-,49-,53-,54-/m0/s1. The number of hydrogen-bond donors (Lipinski definition) is 9. The van der Waals surface area contributed by atoms with Gasteiger partial charge in [-0.05, 0) is 81.4 Å². The zero-order valence-electron chi connectivity index (χ0n) is 54.2. The van der Waals surface area contributed by atoms with E-state index in [0.29, 0.717) is 82.3 Å². The predicted octanol–water partition coefficient (Wildman–Crippen LogP) is 10.0. The number of nitrogens with one attached hydrogen (secondary N) is 5. The minimum Gasteiger partial charge on any atom is -0.481 e. The maximum Gasteiger partial charge on any atom is 0.415 e. The number of benzene rings is 1. The Morgan fingerprint density at radius 3 is 2.10 bits per heavy atom. The van der Waals surface area contributed by atoms with Crippen LogP contribution < -0.4 is 31.5 Å². The summed E-state index contributed by atoms with van der Waals surface area (Å²) in [5, 5.41) is 63.4. The molecule has 34 heteroatoms. The Morgan fingerprint density at radius 2 is 1.37 bits per heavy atom.